The number of H-pyrrole nitrogens is 1. The average molecular weight is 397 g/mol. The summed E-state index contributed by atoms with van der Waals surface area (Å²) in [6.45, 7) is 0. The maximum absolute atomic E-state index is 11.2. The number of halogens is 1. The highest BCUT2D eigenvalue weighted by atomic mass is 79.9. The molecule has 0 radical (unpaired) electrons. The third-order valence-electron chi connectivity index (χ3n) is 3.94. The molecule has 3 aromatic heterocycles. The van der Waals surface area contributed by atoms with Gasteiger partial charge in [0.15, 0.2) is 5.65 Å². The van der Waals surface area contributed by atoms with Crippen molar-refractivity contribution in [1.29, 1.82) is 0 Å². The van der Waals surface area contributed by atoms with Crippen LogP contribution in [0.2, 0.25) is 0 Å². The van der Waals surface area contributed by atoms with Crippen molar-refractivity contribution in [2.45, 2.75) is 6.42 Å². The van der Waals surface area contributed by atoms with Crippen molar-refractivity contribution in [2.75, 3.05) is 0 Å². The van der Waals surface area contributed by atoms with Crippen molar-refractivity contribution in [3.63, 3.8) is 0 Å². The van der Waals surface area contributed by atoms with Gasteiger partial charge in [-0.1, -0.05) is 12.1 Å². The Labute approximate surface area is 151 Å². The minimum absolute atomic E-state index is 0.436. The first-order chi connectivity index (χ1) is 12.1. The van der Waals surface area contributed by atoms with E-state index in [2.05, 4.69) is 36.1 Å². The molecular formula is C17H13BrN6O. The predicted molar refractivity (Wildman–Crippen MR) is 96.0 cm³/mol. The smallest absolute Gasteiger partial charge is 0.248 e. The second-order valence-electron chi connectivity index (χ2n) is 5.57. The first kappa shape index (κ1) is 15.5. The van der Waals surface area contributed by atoms with Gasteiger partial charge in [-0.2, -0.15) is 5.10 Å². The zero-order valence-electron chi connectivity index (χ0n) is 13.0. The summed E-state index contributed by atoms with van der Waals surface area (Å²) in [6.07, 6.45) is 7.86. The number of imidazole rings is 1. The van der Waals surface area contributed by atoms with E-state index < -0.39 is 5.91 Å². The number of carbonyl (C=O) groups is 1. The van der Waals surface area contributed by atoms with Gasteiger partial charge in [0.1, 0.15) is 4.60 Å². The standard InChI is InChI=1S/C17H13BrN6O/c18-15-9-24-14(12-6-21-22-7-12)8-20-13(17(24)23-15)5-10-1-3-11(4-2-10)16(19)25/h1-4,6-9H,5H2,(H2,19,25)(H,21,22). The predicted octanol–water partition coefficient (Wildman–Crippen LogP) is 2.57. The molecule has 0 spiro atoms. The third kappa shape index (κ3) is 2.91. The van der Waals surface area contributed by atoms with E-state index in [1.54, 1.807) is 24.5 Å². The zero-order chi connectivity index (χ0) is 17.4. The lowest BCUT2D eigenvalue weighted by molar-refractivity contribution is 0.100. The minimum Gasteiger partial charge on any atom is -0.366 e. The number of aromatic amines is 1. The van der Waals surface area contributed by atoms with Gasteiger partial charge >= 0.3 is 0 Å². The molecule has 1 aromatic carbocycles. The first-order valence-electron chi connectivity index (χ1n) is 7.52. The van der Waals surface area contributed by atoms with E-state index in [0.717, 1.165) is 32.8 Å². The van der Waals surface area contributed by atoms with Crippen molar-refractivity contribution < 1.29 is 4.79 Å². The second kappa shape index (κ2) is 6.14. The molecule has 7 nitrogen and oxygen atoms in total. The number of aromatic nitrogens is 5. The van der Waals surface area contributed by atoms with E-state index in [9.17, 15) is 4.79 Å². The Balaban J connectivity index is 1.75. The van der Waals surface area contributed by atoms with Gasteiger partial charge in [-0.15, -0.1) is 0 Å². The summed E-state index contributed by atoms with van der Waals surface area (Å²) >= 11 is 3.43. The van der Waals surface area contributed by atoms with E-state index in [4.69, 9.17) is 5.73 Å². The number of nitrogens with two attached hydrogens (primary N) is 1. The molecule has 0 unspecified atom stereocenters. The molecule has 4 aromatic rings. The summed E-state index contributed by atoms with van der Waals surface area (Å²) in [4.78, 5) is 20.3. The lowest BCUT2D eigenvalue weighted by atomic mass is 10.1. The zero-order valence-corrected chi connectivity index (χ0v) is 14.6. The number of nitrogens with zero attached hydrogens (tertiary/aromatic N) is 4. The Kier molecular flexibility index (Phi) is 3.81. The SMILES string of the molecule is NC(=O)c1ccc(Cc2ncc(-c3cn[nH]c3)n3cc(Br)nc23)cc1. The molecule has 1 amide bonds. The monoisotopic (exact) mass is 396 g/mol. The molecule has 0 saturated heterocycles. The first-order valence-corrected chi connectivity index (χ1v) is 8.31. The molecule has 0 aliphatic heterocycles. The number of carbonyl (C=O) groups excluding carboxylic acids is 1. The Bertz CT molecular complexity index is 1050. The van der Waals surface area contributed by atoms with Crippen LogP contribution < -0.4 is 5.73 Å². The molecule has 0 bridgehead atoms. The number of benzene rings is 1. The third-order valence-corrected chi connectivity index (χ3v) is 4.32. The van der Waals surface area contributed by atoms with Crippen LogP contribution in [0.5, 0.6) is 0 Å². The summed E-state index contributed by atoms with van der Waals surface area (Å²) in [6, 6.07) is 7.19. The molecule has 0 saturated carbocycles. The summed E-state index contributed by atoms with van der Waals surface area (Å²) < 4.78 is 2.71. The molecule has 0 fully saturated rings. The Morgan fingerprint density at radius 3 is 2.72 bits per heavy atom. The van der Waals surface area contributed by atoms with E-state index in [0.29, 0.717) is 12.0 Å². The molecule has 3 N–H and O–H groups in total. The second-order valence-corrected chi connectivity index (χ2v) is 6.38. The van der Waals surface area contributed by atoms with Crippen LogP contribution >= 0.6 is 15.9 Å². The normalized spacial score (nSPS) is 11.1. The number of rotatable bonds is 4. The van der Waals surface area contributed by atoms with Gasteiger partial charge in [0, 0.05) is 29.9 Å². The number of fused-ring (bicyclic) bond motifs is 1. The highest BCUT2D eigenvalue weighted by molar-refractivity contribution is 9.10. The highest BCUT2D eigenvalue weighted by Crippen LogP contribution is 2.24. The summed E-state index contributed by atoms with van der Waals surface area (Å²) in [5.74, 6) is -0.436. The molecule has 4 rings (SSSR count). The maximum atomic E-state index is 11.2. The number of hydrogen-bond donors (Lipinski definition) is 2. The molecule has 0 aliphatic carbocycles. The van der Waals surface area contributed by atoms with Gasteiger partial charge in [-0.3, -0.25) is 19.3 Å². The topological polar surface area (TPSA) is 102 Å². The van der Waals surface area contributed by atoms with Gasteiger partial charge < -0.3 is 5.73 Å². The highest BCUT2D eigenvalue weighted by Gasteiger charge is 2.13. The van der Waals surface area contributed by atoms with Crippen LogP contribution in [0, 0.1) is 0 Å². The van der Waals surface area contributed by atoms with Gasteiger partial charge in [-0.05, 0) is 33.6 Å². The molecule has 124 valence electrons. The fourth-order valence-corrected chi connectivity index (χ4v) is 3.08. The van der Waals surface area contributed by atoms with Crippen LogP contribution in [0.1, 0.15) is 21.6 Å². The molecule has 3 heterocycles. The van der Waals surface area contributed by atoms with Gasteiger partial charge in [0.2, 0.25) is 5.91 Å². The van der Waals surface area contributed by atoms with E-state index in [1.807, 2.05) is 28.9 Å². The molecule has 8 heteroatoms. The van der Waals surface area contributed by atoms with Gasteiger partial charge in [-0.25, -0.2) is 4.98 Å². The maximum Gasteiger partial charge on any atom is 0.248 e. The number of amides is 1. The molecule has 0 atom stereocenters. The summed E-state index contributed by atoms with van der Waals surface area (Å²) in [5.41, 5.74) is 10.2. The fraction of sp³-hybridized carbons (Fsp3) is 0.0588. The molecule has 0 aliphatic rings. The Morgan fingerprint density at radius 2 is 2.04 bits per heavy atom. The van der Waals surface area contributed by atoms with Crippen LogP contribution in [0.3, 0.4) is 0 Å². The van der Waals surface area contributed by atoms with Crippen molar-refractivity contribution in [3.8, 4) is 11.3 Å². The van der Waals surface area contributed by atoms with Crippen molar-refractivity contribution in [1.82, 2.24) is 24.6 Å². The Morgan fingerprint density at radius 1 is 1.24 bits per heavy atom. The molecular weight excluding hydrogens is 384 g/mol. The molecule has 25 heavy (non-hydrogen) atoms. The van der Waals surface area contributed by atoms with Crippen LogP contribution in [-0.4, -0.2) is 30.5 Å². The lowest BCUT2D eigenvalue weighted by Gasteiger charge is -2.07. The van der Waals surface area contributed by atoms with Crippen LogP contribution in [0.25, 0.3) is 16.9 Å². The minimum atomic E-state index is -0.436. The summed E-state index contributed by atoms with van der Waals surface area (Å²) in [7, 11) is 0. The fourth-order valence-electron chi connectivity index (χ4n) is 2.71. The van der Waals surface area contributed by atoms with Gasteiger partial charge in [0.25, 0.3) is 0 Å². The number of hydrogen-bond acceptors (Lipinski definition) is 4. The quantitative estimate of drug-likeness (QED) is 0.553. The summed E-state index contributed by atoms with van der Waals surface area (Å²) in [5, 5.41) is 6.80. The van der Waals surface area contributed by atoms with Crippen molar-refractivity contribution in [2.24, 2.45) is 5.73 Å². The van der Waals surface area contributed by atoms with Crippen LogP contribution in [0.4, 0.5) is 0 Å². The van der Waals surface area contributed by atoms with Crippen molar-refractivity contribution in [3.05, 3.63) is 70.5 Å². The van der Waals surface area contributed by atoms with E-state index >= 15 is 0 Å². The van der Waals surface area contributed by atoms with Crippen molar-refractivity contribution >= 4 is 27.5 Å². The lowest BCUT2D eigenvalue weighted by Crippen LogP contribution is -2.10. The van der Waals surface area contributed by atoms with Gasteiger partial charge in [0.05, 0.1) is 23.8 Å². The van der Waals surface area contributed by atoms with E-state index in [-0.39, 0.29) is 0 Å². The van der Waals surface area contributed by atoms with E-state index in [1.165, 1.54) is 0 Å². The Hall–Kier alpha value is -3.00. The number of nitrogens with one attached hydrogen (secondary N) is 1. The number of primary amides is 1. The largest absolute Gasteiger partial charge is 0.366 e. The van der Waals surface area contributed by atoms with Crippen LogP contribution in [0.15, 0.2) is 53.7 Å². The average Bonchev–Trinajstić information content (AvgIpc) is 3.25. The van der Waals surface area contributed by atoms with Crippen LogP contribution in [-0.2, 0) is 6.42 Å².